The molecule has 2 aliphatic rings. The monoisotopic (exact) mass is 496 g/mol. The number of nitrogens with zero attached hydrogens (tertiary/aromatic N) is 4. The van der Waals surface area contributed by atoms with Crippen LogP contribution in [0.15, 0.2) is 71.8 Å². The van der Waals surface area contributed by atoms with Crippen molar-refractivity contribution in [3.63, 3.8) is 0 Å². The highest BCUT2D eigenvalue weighted by atomic mass is 32.2. The van der Waals surface area contributed by atoms with E-state index in [1.807, 2.05) is 25.3 Å². The topological polar surface area (TPSA) is 117 Å². The second kappa shape index (κ2) is 10.1. The van der Waals surface area contributed by atoms with E-state index in [1.165, 1.54) is 31.3 Å². The molecule has 9 nitrogen and oxygen atoms in total. The van der Waals surface area contributed by atoms with E-state index in [-0.39, 0.29) is 15.5 Å². The molecule has 0 saturated carbocycles. The van der Waals surface area contributed by atoms with E-state index in [0.717, 1.165) is 47.4 Å². The number of nitro benzene ring substituents is 1. The van der Waals surface area contributed by atoms with Gasteiger partial charge in [-0.2, -0.15) is 8.42 Å². The Bertz CT molecular complexity index is 1280. The van der Waals surface area contributed by atoms with Crippen molar-refractivity contribution in [3.8, 4) is 11.3 Å². The SMILES string of the molecule is CN1CC2CN(c3ccc(-c4cccc([N+](=O)[O-])c4)nc3)CC2C1.Cc1ccc(S(=O)(=O)O)cc1. The summed E-state index contributed by atoms with van der Waals surface area (Å²) in [5, 5.41) is 10.9. The summed E-state index contributed by atoms with van der Waals surface area (Å²) in [4.78, 5) is 19.8. The zero-order valence-corrected chi connectivity index (χ0v) is 20.4. The molecule has 184 valence electrons. The summed E-state index contributed by atoms with van der Waals surface area (Å²) >= 11 is 0. The van der Waals surface area contributed by atoms with E-state index in [1.54, 1.807) is 24.3 Å². The highest BCUT2D eigenvalue weighted by Gasteiger charge is 2.38. The first-order chi connectivity index (χ1) is 16.6. The summed E-state index contributed by atoms with van der Waals surface area (Å²) in [6, 6.07) is 16.6. The van der Waals surface area contributed by atoms with Crippen LogP contribution in [0.5, 0.6) is 0 Å². The van der Waals surface area contributed by atoms with Crippen molar-refractivity contribution < 1.29 is 17.9 Å². The molecule has 2 atom stereocenters. The number of anilines is 1. The minimum Gasteiger partial charge on any atom is -0.370 e. The number of pyridine rings is 1. The van der Waals surface area contributed by atoms with Gasteiger partial charge in [-0.15, -0.1) is 0 Å². The lowest BCUT2D eigenvalue weighted by Gasteiger charge is -2.21. The van der Waals surface area contributed by atoms with Crippen LogP contribution in [0.2, 0.25) is 0 Å². The number of aromatic nitrogens is 1. The second-order valence-electron chi connectivity index (χ2n) is 9.14. The Hall–Kier alpha value is -3.34. The Morgan fingerprint density at radius 3 is 2.20 bits per heavy atom. The van der Waals surface area contributed by atoms with Crippen LogP contribution in [0.25, 0.3) is 11.3 Å². The first-order valence-electron chi connectivity index (χ1n) is 11.3. The van der Waals surface area contributed by atoms with Crippen molar-refractivity contribution in [3.05, 3.63) is 82.5 Å². The number of non-ortho nitro benzene ring substituents is 1. The largest absolute Gasteiger partial charge is 0.370 e. The van der Waals surface area contributed by atoms with E-state index in [4.69, 9.17) is 4.55 Å². The fourth-order valence-electron chi connectivity index (χ4n) is 4.67. The molecule has 0 amide bonds. The average molecular weight is 497 g/mol. The van der Waals surface area contributed by atoms with Gasteiger partial charge in [-0.3, -0.25) is 19.7 Å². The Morgan fingerprint density at radius 2 is 1.66 bits per heavy atom. The van der Waals surface area contributed by atoms with Crippen molar-refractivity contribution in [1.29, 1.82) is 0 Å². The maximum Gasteiger partial charge on any atom is 0.294 e. The maximum atomic E-state index is 10.9. The first-order valence-corrected chi connectivity index (χ1v) is 12.7. The summed E-state index contributed by atoms with van der Waals surface area (Å²) < 4.78 is 29.6. The van der Waals surface area contributed by atoms with Crippen LogP contribution in [-0.2, 0) is 10.1 Å². The minimum absolute atomic E-state index is 0.0666. The molecule has 3 aromatic rings. The van der Waals surface area contributed by atoms with Gasteiger partial charge in [-0.1, -0.05) is 29.8 Å². The van der Waals surface area contributed by atoms with Crippen molar-refractivity contribution in [1.82, 2.24) is 9.88 Å². The predicted octanol–water partition coefficient (Wildman–Crippen LogP) is 3.90. The summed E-state index contributed by atoms with van der Waals surface area (Å²) in [7, 11) is -1.83. The zero-order chi connectivity index (χ0) is 25.2. The third-order valence-electron chi connectivity index (χ3n) is 6.45. The predicted molar refractivity (Wildman–Crippen MR) is 134 cm³/mol. The lowest BCUT2D eigenvalue weighted by molar-refractivity contribution is -0.384. The van der Waals surface area contributed by atoms with E-state index in [0.29, 0.717) is 0 Å². The number of benzene rings is 2. The Kier molecular flexibility index (Phi) is 7.15. The van der Waals surface area contributed by atoms with Gasteiger partial charge in [0.15, 0.2) is 0 Å². The maximum absolute atomic E-state index is 10.9. The Labute approximate surface area is 204 Å². The van der Waals surface area contributed by atoms with Crippen LogP contribution in [-0.4, -0.2) is 61.0 Å². The van der Waals surface area contributed by atoms with Crippen molar-refractivity contribution >= 4 is 21.5 Å². The van der Waals surface area contributed by atoms with E-state index < -0.39 is 10.1 Å². The number of hydrogen-bond donors (Lipinski definition) is 1. The van der Waals surface area contributed by atoms with Gasteiger partial charge in [-0.25, -0.2) is 0 Å². The molecule has 35 heavy (non-hydrogen) atoms. The molecule has 5 rings (SSSR count). The summed E-state index contributed by atoms with van der Waals surface area (Å²) in [5.74, 6) is 1.51. The fourth-order valence-corrected chi connectivity index (χ4v) is 5.15. The van der Waals surface area contributed by atoms with Gasteiger partial charge >= 0.3 is 0 Å². The minimum atomic E-state index is -4.02. The lowest BCUT2D eigenvalue weighted by atomic mass is 10.0. The quantitative estimate of drug-likeness (QED) is 0.328. The van der Waals surface area contributed by atoms with Gasteiger partial charge in [-0.05, 0) is 50.1 Å². The van der Waals surface area contributed by atoms with Gasteiger partial charge in [0, 0.05) is 43.9 Å². The molecule has 1 N–H and O–H groups in total. The summed E-state index contributed by atoms with van der Waals surface area (Å²) in [5.41, 5.74) is 3.73. The number of rotatable bonds is 4. The van der Waals surface area contributed by atoms with Gasteiger partial charge in [0.1, 0.15) is 0 Å². The van der Waals surface area contributed by atoms with E-state index in [2.05, 4.69) is 27.9 Å². The summed E-state index contributed by atoms with van der Waals surface area (Å²) in [6.07, 6.45) is 1.89. The van der Waals surface area contributed by atoms with Crippen LogP contribution in [0, 0.1) is 28.9 Å². The molecule has 10 heteroatoms. The lowest BCUT2D eigenvalue weighted by Crippen LogP contribution is -2.26. The number of nitro groups is 1. The Balaban J connectivity index is 0.000000221. The molecular weight excluding hydrogens is 468 g/mol. The van der Waals surface area contributed by atoms with E-state index in [9.17, 15) is 18.5 Å². The molecule has 0 bridgehead atoms. The number of hydrogen-bond acceptors (Lipinski definition) is 7. The van der Waals surface area contributed by atoms with Crippen molar-refractivity contribution in [2.24, 2.45) is 11.8 Å². The van der Waals surface area contributed by atoms with Gasteiger partial charge in [0.25, 0.3) is 15.8 Å². The fraction of sp³-hybridized carbons (Fsp3) is 0.320. The van der Waals surface area contributed by atoms with Gasteiger partial charge in [0.05, 0.1) is 27.4 Å². The van der Waals surface area contributed by atoms with Crippen molar-refractivity contribution in [2.75, 3.05) is 38.1 Å². The first kappa shape index (κ1) is 24.8. The van der Waals surface area contributed by atoms with Crippen LogP contribution < -0.4 is 4.90 Å². The molecule has 3 heterocycles. The number of fused-ring (bicyclic) bond motifs is 1. The van der Waals surface area contributed by atoms with Gasteiger partial charge in [0.2, 0.25) is 0 Å². The molecule has 0 radical (unpaired) electrons. The molecule has 2 saturated heterocycles. The van der Waals surface area contributed by atoms with Crippen molar-refractivity contribution in [2.45, 2.75) is 11.8 Å². The molecule has 2 aliphatic heterocycles. The third-order valence-corrected chi connectivity index (χ3v) is 7.32. The number of aryl methyl sites for hydroxylation is 1. The van der Waals surface area contributed by atoms with Crippen LogP contribution in [0.3, 0.4) is 0 Å². The third kappa shape index (κ3) is 6.02. The van der Waals surface area contributed by atoms with E-state index >= 15 is 0 Å². The molecule has 1 aromatic heterocycles. The van der Waals surface area contributed by atoms with Crippen LogP contribution in [0.4, 0.5) is 11.4 Å². The highest BCUT2D eigenvalue weighted by Crippen LogP contribution is 2.33. The molecule has 2 unspecified atom stereocenters. The van der Waals surface area contributed by atoms with Gasteiger partial charge < -0.3 is 9.80 Å². The second-order valence-corrected chi connectivity index (χ2v) is 10.6. The highest BCUT2D eigenvalue weighted by molar-refractivity contribution is 7.85. The standard InChI is InChI=1S/C18H20N4O2.C7H8O3S/c1-20-9-14-11-21(12-15(14)10-20)17-5-6-18(19-8-17)13-3-2-4-16(7-13)22(23)24;1-6-2-4-7(5-3-6)11(8,9)10/h2-8,14-15H,9-12H2,1H3;2-5H,1H3,(H,8,9,10). The molecule has 0 aliphatic carbocycles. The summed E-state index contributed by atoms with van der Waals surface area (Å²) in [6.45, 7) is 6.38. The smallest absolute Gasteiger partial charge is 0.294 e. The Morgan fingerprint density at radius 1 is 1.00 bits per heavy atom. The molecule has 2 aromatic carbocycles. The molecular formula is C25H28N4O5S. The normalized spacial score (nSPS) is 19.7. The van der Waals surface area contributed by atoms with Crippen LogP contribution in [0.1, 0.15) is 5.56 Å². The number of likely N-dealkylation sites (tertiary alicyclic amines) is 1. The molecule has 2 fully saturated rings. The van der Waals surface area contributed by atoms with Crippen LogP contribution >= 0.6 is 0 Å². The zero-order valence-electron chi connectivity index (χ0n) is 19.6. The molecule has 0 spiro atoms. The average Bonchev–Trinajstić information content (AvgIpc) is 3.37.